The minimum absolute atomic E-state index is 0.0979. The molecule has 1 aromatic heterocycles. The van der Waals surface area contributed by atoms with Crippen LogP contribution >= 0.6 is 11.3 Å². The summed E-state index contributed by atoms with van der Waals surface area (Å²) in [4.78, 5) is 38.6. The van der Waals surface area contributed by atoms with Crippen LogP contribution in [0, 0.1) is 5.82 Å². The second-order valence-electron chi connectivity index (χ2n) is 9.89. The van der Waals surface area contributed by atoms with Gasteiger partial charge in [0.15, 0.2) is 6.61 Å². The minimum Gasteiger partial charge on any atom is -0.462 e. The Hall–Kier alpha value is -4.39. The normalized spacial score (nSPS) is 14.8. The van der Waals surface area contributed by atoms with Gasteiger partial charge in [0.2, 0.25) is 10.0 Å². The van der Waals surface area contributed by atoms with Gasteiger partial charge in [-0.15, -0.1) is 11.3 Å². The quantitative estimate of drug-likeness (QED) is 0.226. The summed E-state index contributed by atoms with van der Waals surface area (Å²) in [5.41, 5.74) is 3.11. The molecule has 0 saturated carbocycles. The molecule has 0 fully saturated rings. The first-order valence-corrected chi connectivity index (χ1v) is 16.2. The van der Waals surface area contributed by atoms with E-state index < -0.39 is 46.3 Å². The van der Waals surface area contributed by atoms with Crippen molar-refractivity contribution in [1.29, 1.82) is 0 Å². The molecule has 12 heteroatoms. The van der Waals surface area contributed by atoms with Crippen LogP contribution in [0.1, 0.15) is 40.9 Å². The van der Waals surface area contributed by atoms with Gasteiger partial charge < -0.3 is 14.8 Å². The van der Waals surface area contributed by atoms with Gasteiger partial charge in [0.25, 0.3) is 5.91 Å². The van der Waals surface area contributed by atoms with Crippen molar-refractivity contribution in [2.75, 3.05) is 25.1 Å². The van der Waals surface area contributed by atoms with Crippen LogP contribution in [0.2, 0.25) is 0 Å². The molecule has 4 aromatic rings. The molecule has 0 saturated heterocycles. The lowest BCUT2D eigenvalue weighted by Gasteiger charge is -2.36. The van der Waals surface area contributed by atoms with Crippen molar-refractivity contribution in [2.45, 2.75) is 30.7 Å². The smallest absolute Gasteiger partial charge is 0.341 e. The first kappa shape index (κ1) is 31.0. The van der Waals surface area contributed by atoms with Gasteiger partial charge >= 0.3 is 11.9 Å². The molecule has 1 aliphatic heterocycles. The zero-order chi connectivity index (χ0) is 31.3. The van der Waals surface area contributed by atoms with Crippen LogP contribution in [-0.2, 0) is 35.5 Å². The molecule has 2 heterocycles. The van der Waals surface area contributed by atoms with Crippen LogP contribution in [0.15, 0.2) is 89.1 Å². The van der Waals surface area contributed by atoms with E-state index in [4.69, 9.17) is 9.47 Å². The molecule has 5 rings (SSSR count). The number of benzene rings is 3. The van der Waals surface area contributed by atoms with Crippen LogP contribution in [0.5, 0.6) is 0 Å². The average molecular weight is 637 g/mol. The van der Waals surface area contributed by atoms with E-state index in [0.29, 0.717) is 17.5 Å². The first-order valence-electron chi connectivity index (χ1n) is 13.8. The van der Waals surface area contributed by atoms with Crippen LogP contribution in [0.4, 0.5) is 9.39 Å². The van der Waals surface area contributed by atoms with Crippen molar-refractivity contribution in [1.82, 2.24) is 4.31 Å². The van der Waals surface area contributed by atoms with Crippen LogP contribution in [0.3, 0.4) is 0 Å². The fourth-order valence-electron chi connectivity index (χ4n) is 5.08. The lowest BCUT2D eigenvalue weighted by atomic mass is 9.92. The summed E-state index contributed by atoms with van der Waals surface area (Å²) < 4.78 is 52.3. The SMILES string of the molecule is CCOC(=O)c1c(-c2ccccc2)csc1NC(=O)COC(=O)CC1c2ccccc2CCN1S(=O)(=O)c1ccc(F)cc1. The van der Waals surface area contributed by atoms with Crippen LogP contribution in [0.25, 0.3) is 11.1 Å². The van der Waals surface area contributed by atoms with E-state index in [0.717, 1.165) is 34.6 Å². The number of amides is 1. The van der Waals surface area contributed by atoms with Gasteiger partial charge in [0, 0.05) is 17.5 Å². The third-order valence-corrected chi connectivity index (χ3v) is 9.93. The monoisotopic (exact) mass is 636 g/mol. The average Bonchev–Trinajstić information content (AvgIpc) is 3.44. The zero-order valence-electron chi connectivity index (χ0n) is 23.7. The fourth-order valence-corrected chi connectivity index (χ4v) is 7.66. The molecule has 1 atom stereocenters. The molecule has 1 N–H and O–H groups in total. The molecule has 1 unspecified atom stereocenters. The number of hydrogen-bond donors (Lipinski definition) is 1. The Labute approximate surface area is 258 Å². The highest BCUT2D eigenvalue weighted by atomic mass is 32.2. The molecule has 0 aliphatic carbocycles. The number of halogens is 1. The first-order chi connectivity index (χ1) is 21.2. The number of hydrogen-bond acceptors (Lipinski definition) is 8. The number of nitrogens with zero attached hydrogens (tertiary/aromatic N) is 1. The molecule has 1 aliphatic rings. The minimum atomic E-state index is -4.09. The summed E-state index contributed by atoms with van der Waals surface area (Å²) in [5.74, 6) is -2.63. The van der Waals surface area contributed by atoms with E-state index in [9.17, 15) is 27.2 Å². The van der Waals surface area contributed by atoms with E-state index in [1.807, 2.05) is 42.5 Å². The summed E-state index contributed by atoms with van der Waals surface area (Å²) in [6, 6.07) is 20.0. The van der Waals surface area contributed by atoms with Gasteiger partial charge in [-0.1, -0.05) is 54.6 Å². The molecule has 228 valence electrons. The summed E-state index contributed by atoms with van der Waals surface area (Å²) in [7, 11) is -4.09. The predicted molar refractivity (Wildman–Crippen MR) is 163 cm³/mol. The maximum Gasteiger partial charge on any atom is 0.341 e. The molecule has 9 nitrogen and oxygen atoms in total. The summed E-state index contributed by atoms with van der Waals surface area (Å²) >= 11 is 1.14. The molecule has 0 bridgehead atoms. The van der Waals surface area contributed by atoms with Gasteiger partial charge in [-0.25, -0.2) is 17.6 Å². The lowest BCUT2D eigenvalue weighted by Crippen LogP contribution is -2.41. The number of carbonyl (C=O) groups excluding carboxylic acids is 3. The van der Waals surface area contributed by atoms with Gasteiger partial charge in [-0.3, -0.25) is 9.59 Å². The van der Waals surface area contributed by atoms with Crippen molar-refractivity contribution in [3.8, 4) is 11.1 Å². The van der Waals surface area contributed by atoms with Gasteiger partial charge in [-0.05, 0) is 54.3 Å². The molecule has 0 radical (unpaired) electrons. The summed E-state index contributed by atoms with van der Waals surface area (Å²) in [6.07, 6.45) is 0.0785. The van der Waals surface area contributed by atoms with E-state index >= 15 is 0 Å². The Morgan fingerprint density at radius 2 is 1.68 bits per heavy atom. The number of esters is 2. The number of carbonyl (C=O) groups is 3. The van der Waals surface area contributed by atoms with Crippen molar-refractivity contribution in [3.05, 3.63) is 107 Å². The highest BCUT2D eigenvalue weighted by Crippen LogP contribution is 2.38. The van der Waals surface area contributed by atoms with E-state index in [1.165, 1.54) is 16.4 Å². The number of fused-ring (bicyclic) bond motifs is 1. The number of nitrogens with one attached hydrogen (secondary N) is 1. The van der Waals surface area contributed by atoms with Crippen molar-refractivity contribution in [2.24, 2.45) is 0 Å². The Morgan fingerprint density at radius 3 is 2.41 bits per heavy atom. The van der Waals surface area contributed by atoms with E-state index in [1.54, 1.807) is 24.4 Å². The fraction of sp³-hybridized carbons (Fsp3) is 0.219. The molecule has 1 amide bonds. The lowest BCUT2D eigenvalue weighted by molar-refractivity contribution is -0.148. The highest BCUT2D eigenvalue weighted by molar-refractivity contribution is 7.89. The number of sulfonamides is 1. The standard InChI is InChI=1S/C32H29FN2O7S2/c1-2-41-32(38)30-26(21-8-4-3-5-9-21)20-43-31(30)34-28(36)19-42-29(37)18-27-25-11-7-6-10-22(25)16-17-35(27)44(39,40)24-14-12-23(33)13-15-24/h3-15,20,27H,2,16-19H2,1H3,(H,34,36). The third-order valence-electron chi connectivity index (χ3n) is 7.12. The van der Waals surface area contributed by atoms with Gasteiger partial charge in [-0.2, -0.15) is 4.31 Å². The largest absolute Gasteiger partial charge is 0.462 e. The summed E-state index contributed by atoms with van der Waals surface area (Å²) in [6.45, 7) is 1.28. The maximum atomic E-state index is 13.6. The Kier molecular flexibility index (Phi) is 9.52. The third kappa shape index (κ3) is 6.72. The second kappa shape index (κ2) is 13.5. The number of thiophene rings is 1. The number of rotatable bonds is 10. The molecule has 3 aromatic carbocycles. The van der Waals surface area contributed by atoms with Crippen molar-refractivity contribution in [3.63, 3.8) is 0 Å². The summed E-state index contributed by atoms with van der Waals surface area (Å²) in [5, 5.41) is 4.63. The second-order valence-corrected chi connectivity index (χ2v) is 12.7. The molecule has 44 heavy (non-hydrogen) atoms. The van der Waals surface area contributed by atoms with Gasteiger partial charge in [0.05, 0.1) is 24.0 Å². The Balaban J connectivity index is 1.30. The van der Waals surface area contributed by atoms with Crippen LogP contribution < -0.4 is 5.32 Å². The zero-order valence-corrected chi connectivity index (χ0v) is 25.3. The molecule has 0 spiro atoms. The number of anilines is 1. The van der Waals surface area contributed by atoms with Crippen LogP contribution in [-0.4, -0.2) is 50.3 Å². The number of ether oxygens (including phenoxy) is 2. The maximum absolute atomic E-state index is 13.6. The van der Waals surface area contributed by atoms with Crippen molar-refractivity contribution < 1.29 is 36.7 Å². The van der Waals surface area contributed by atoms with Gasteiger partial charge in [0.1, 0.15) is 16.4 Å². The Bertz CT molecular complexity index is 1770. The van der Waals surface area contributed by atoms with E-state index in [-0.39, 0.29) is 35.0 Å². The van der Waals surface area contributed by atoms with E-state index in [2.05, 4.69) is 5.32 Å². The molecular formula is C32H29FN2O7S2. The Morgan fingerprint density at radius 1 is 0.977 bits per heavy atom. The van der Waals surface area contributed by atoms with Crippen molar-refractivity contribution >= 4 is 44.2 Å². The predicted octanol–water partition coefficient (Wildman–Crippen LogP) is 5.59. The molecular weight excluding hydrogens is 607 g/mol. The topological polar surface area (TPSA) is 119 Å². The highest BCUT2D eigenvalue weighted by Gasteiger charge is 2.38.